The number of ether oxygens (including phenoxy) is 2. The van der Waals surface area contributed by atoms with E-state index >= 15 is 0 Å². The van der Waals surface area contributed by atoms with Gasteiger partial charge in [-0.3, -0.25) is 4.57 Å². The maximum Gasteiger partial charge on any atom is 0.381 e. The number of aromatic nitrogens is 3. The molecule has 1 aromatic heterocycles. The van der Waals surface area contributed by atoms with Gasteiger partial charge < -0.3 is 9.47 Å². The zero-order valence-corrected chi connectivity index (χ0v) is 19.5. The van der Waals surface area contributed by atoms with Gasteiger partial charge in [-0.15, -0.1) is 0 Å². The van der Waals surface area contributed by atoms with Gasteiger partial charge in [0, 0.05) is 11.6 Å². The van der Waals surface area contributed by atoms with Crippen LogP contribution in [0.3, 0.4) is 0 Å². The summed E-state index contributed by atoms with van der Waals surface area (Å²) in [6, 6.07) is 6.09. The topological polar surface area (TPSA) is 61.6 Å². The quantitative estimate of drug-likeness (QED) is 0.243. The summed E-state index contributed by atoms with van der Waals surface area (Å²) in [6.45, 7) is -0.795. The highest BCUT2D eigenvalue weighted by Crippen LogP contribution is 2.49. The van der Waals surface area contributed by atoms with Crippen LogP contribution in [-0.4, -0.2) is 51.8 Å². The number of epoxide rings is 1. The molecule has 0 saturated carbocycles. The van der Waals surface area contributed by atoms with Crippen molar-refractivity contribution in [3.8, 4) is 11.4 Å². The molecule has 3 aromatic rings. The molecule has 0 bridgehead atoms. The molecule has 1 saturated heterocycles. The lowest BCUT2D eigenvalue weighted by Crippen LogP contribution is -2.59. The molecular formula is C23H17F10N3O3. The van der Waals surface area contributed by atoms with Gasteiger partial charge in [-0.05, 0) is 37.3 Å². The average molecular weight is 573 g/mol. The van der Waals surface area contributed by atoms with Crippen molar-refractivity contribution < 1.29 is 53.4 Å². The molecule has 0 amide bonds. The van der Waals surface area contributed by atoms with Crippen molar-refractivity contribution in [3.05, 3.63) is 76.5 Å². The minimum absolute atomic E-state index is 0.0197. The number of halogens is 10. The first-order valence-electron chi connectivity index (χ1n) is 11.0. The fraction of sp³-hybridized carbons (Fsp3) is 0.391. The standard InChI is InChI=1S/C23H17F10N3O3/c1-12(20(9-39-20)16-7-2-13(24)8-17(16)25)35-11-34-36(19(35)37)14-3-5-15(6-4-14)38-10-21(28,29)23(32,33)22(30,31)18(26)27/h2-8,11-12,18H,9-10H2,1H3/t12-,20+/m1/s1. The summed E-state index contributed by atoms with van der Waals surface area (Å²) >= 11 is 0. The summed E-state index contributed by atoms with van der Waals surface area (Å²) in [5, 5.41) is 3.91. The Morgan fingerprint density at radius 3 is 2.21 bits per heavy atom. The van der Waals surface area contributed by atoms with E-state index in [1.807, 2.05) is 0 Å². The molecule has 1 aliphatic heterocycles. The predicted molar refractivity (Wildman–Crippen MR) is 113 cm³/mol. The molecule has 2 heterocycles. The van der Waals surface area contributed by atoms with Gasteiger partial charge >= 0.3 is 29.9 Å². The Morgan fingerprint density at radius 1 is 1.05 bits per heavy atom. The SMILES string of the molecule is C[C@@H](n1cnn(-c2ccc(OCC(F)(F)C(F)(F)C(F)(F)C(F)F)cc2)c1=O)[C@]1(c2ccc(F)cc2F)CO1. The maximum atomic E-state index is 14.4. The van der Waals surface area contributed by atoms with E-state index in [-0.39, 0.29) is 17.9 Å². The first-order chi connectivity index (χ1) is 18.0. The highest BCUT2D eigenvalue weighted by Gasteiger charge is 2.75. The summed E-state index contributed by atoms with van der Waals surface area (Å²) in [7, 11) is 0. The Bertz CT molecular complexity index is 1400. The van der Waals surface area contributed by atoms with Gasteiger partial charge in [0.15, 0.2) is 6.61 Å². The Kier molecular flexibility index (Phi) is 6.98. The van der Waals surface area contributed by atoms with Gasteiger partial charge in [-0.25, -0.2) is 22.4 Å². The minimum Gasteiger partial charge on any atom is -0.487 e. The molecular weight excluding hydrogens is 556 g/mol. The largest absolute Gasteiger partial charge is 0.487 e. The lowest BCUT2D eigenvalue weighted by atomic mass is 9.92. The second-order valence-electron chi connectivity index (χ2n) is 8.70. The zero-order chi connectivity index (χ0) is 29.0. The van der Waals surface area contributed by atoms with Gasteiger partial charge in [-0.1, -0.05) is 6.07 Å². The third kappa shape index (κ3) is 4.74. The molecule has 0 unspecified atom stereocenters. The Balaban J connectivity index is 1.50. The first-order valence-corrected chi connectivity index (χ1v) is 11.0. The molecule has 0 radical (unpaired) electrons. The van der Waals surface area contributed by atoms with Crippen LogP contribution < -0.4 is 10.4 Å². The zero-order valence-electron chi connectivity index (χ0n) is 19.5. The highest BCUT2D eigenvalue weighted by molar-refractivity contribution is 5.37. The lowest BCUT2D eigenvalue weighted by Gasteiger charge is -2.32. The number of benzene rings is 2. The summed E-state index contributed by atoms with van der Waals surface area (Å²) < 4.78 is 144. The second-order valence-corrected chi connectivity index (χ2v) is 8.70. The minimum atomic E-state index is -6.41. The van der Waals surface area contributed by atoms with E-state index in [4.69, 9.17) is 4.74 Å². The van der Waals surface area contributed by atoms with Crippen molar-refractivity contribution in [2.75, 3.05) is 13.2 Å². The van der Waals surface area contributed by atoms with Gasteiger partial charge in [-0.2, -0.15) is 36.1 Å². The van der Waals surface area contributed by atoms with Crippen molar-refractivity contribution in [1.29, 1.82) is 0 Å². The van der Waals surface area contributed by atoms with E-state index in [1.165, 1.54) is 13.0 Å². The fourth-order valence-corrected chi connectivity index (χ4v) is 3.84. The van der Waals surface area contributed by atoms with Gasteiger partial charge in [0.1, 0.15) is 29.3 Å². The fourth-order valence-electron chi connectivity index (χ4n) is 3.84. The van der Waals surface area contributed by atoms with E-state index in [0.29, 0.717) is 6.07 Å². The maximum absolute atomic E-state index is 14.4. The smallest absolute Gasteiger partial charge is 0.381 e. The second kappa shape index (κ2) is 9.57. The van der Waals surface area contributed by atoms with E-state index in [0.717, 1.165) is 45.9 Å². The predicted octanol–water partition coefficient (Wildman–Crippen LogP) is 5.35. The third-order valence-corrected chi connectivity index (χ3v) is 6.28. The highest BCUT2D eigenvalue weighted by atomic mass is 19.4. The van der Waals surface area contributed by atoms with Crippen LogP contribution in [0.1, 0.15) is 18.5 Å². The van der Waals surface area contributed by atoms with Crippen molar-refractivity contribution in [3.63, 3.8) is 0 Å². The van der Waals surface area contributed by atoms with Gasteiger partial charge in [0.2, 0.25) is 0 Å². The lowest BCUT2D eigenvalue weighted by molar-refractivity contribution is -0.342. The molecule has 0 aliphatic carbocycles. The normalized spacial score (nSPS) is 18.9. The molecule has 4 rings (SSSR count). The number of hydrogen-bond donors (Lipinski definition) is 0. The van der Waals surface area contributed by atoms with Crippen LogP contribution in [-0.2, 0) is 10.3 Å². The molecule has 16 heteroatoms. The van der Waals surface area contributed by atoms with E-state index in [2.05, 4.69) is 9.84 Å². The van der Waals surface area contributed by atoms with Crippen LogP contribution in [0.5, 0.6) is 5.75 Å². The van der Waals surface area contributed by atoms with Crippen LogP contribution in [0.4, 0.5) is 43.9 Å². The van der Waals surface area contributed by atoms with Crippen LogP contribution in [0.25, 0.3) is 5.69 Å². The molecule has 212 valence electrons. The number of alkyl halides is 8. The van der Waals surface area contributed by atoms with E-state index in [9.17, 15) is 48.7 Å². The van der Waals surface area contributed by atoms with Crippen molar-refractivity contribution in [2.45, 2.75) is 42.8 Å². The van der Waals surface area contributed by atoms with E-state index < -0.39 is 65.5 Å². The summed E-state index contributed by atoms with van der Waals surface area (Å²) in [6.07, 6.45) is -3.94. The van der Waals surface area contributed by atoms with Crippen LogP contribution in [0.15, 0.2) is 53.6 Å². The van der Waals surface area contributed by atoms with Crippen molar-refractivity contribution >= 4 is 0 Å². The molecule has 1 aliphatic rings. The first kappa shape index (κ1) is 28.4. The van der Waals surface area contributed by atoms with E-state index in [1.54, 1.807) is 0 Å². The average Bonchev–Trinajstić information content (AvgIpc) is 3.58. The third-order valence-electron chi connectivity index (χ3n) is 6.28. The number of rotatable bonds is 10. The molecule has 0 spiro atoms. The van der Waals surface area contributed by atoms with Crippen molar-refractivity contribution in [1.82, 2.24) is 14.3 Å². The van der Waals surface area contributed by atoms with Gasteiger partial charge in [0.05, 0.1) is 18.3 Å². The molecule has 6 nitrogen and oxygen atoms in total. The summed E-state index contributed by atoms with van der Waals surface area (Å²) in [4.78, 5) is 13.0. The van der Waals surface area contributed by atoms with Crippen LogP contribution in [0.2, 0.25) is 0 Å². The van der Waals surface area contributed by atoms with Crippen molar-refractivity contribution in [2.24, 2.45) is 0 Å². The van der Waals surface area contributed by atoms with Crippen LogP contribution in [0, 0.1) is 11.6 Å². The Morgan fingerprint density at radius 2 is 1.67 bits per heavy atom. The molecule has 0 N–H and O–H groups in total. The molecule has 1 fully saturated rings. The Hall–Kier alpha value is -3.56. The summed E-state index contributed by atoms with van der Waals surface area (Å²) in [5.41, 5.74) is -1.99. The molecule has 2 atom stereocenters. The Labute approximate surface area is 212 Å². The monoisotopic (exact) mass is 573 g/mol. The number of nitrogens with zero attached hydrogens (tertiary/aromatic N) is 3. The molecule has 39 heavy (non-hydrogen) atoms. The van der Waals surface area contributed by atoms with Gasteiger partial charge in [0.25, 0.3) is 0 Å². The summed E-state index contributed by atoms with van der Waals surface area (Å²) in [5.74, 6) is -20.6. The number of hydrogen-bond acceptors (Lipinski definition) is 4. The molecule has 2 aromatic carbocycles. The van der Waals surface area contributed by atoms with Crippen LogP contribution >= 0.6 is 0 Å².